The minimum atomic E-state index is -0.660. The van der Waals surface area contributed by atoms with Crippen LogP contribution in [0.3, 0.4) is 0 Å². The number of imide groups is 1. The number of carbonyl (C=O) groups is 4. The smallest absolute Gasteiger partial charge is 0.234 e. The number of thiophene rings is 1. The summed E-state index contributed by atoms with van der Waals surface area (Å²) < 4.78 is 5.32. The summed E-state index contributed by atoms with van der Waals surface area (Å²) in [7, 11) is 1.40. The summed E-state index contributed by atoms with van der Waals surface area (Å²) >= 11 is 7.83. The van der Waals surface area contributed by atoms with Crippen molar-refractivity contribution in [3.05, 3.63) is 79.6 Å². The number of methoxy groups -OCH3 is 1. The molecule has 4 atom stereocenters. The molecule has 0 spiro atoms. The third-order valence-electron chi connectivity index (χ3n) is 8.15. The second-order valence-electron chi connectivity index (χ2n) is 10.1. The molecule has 1 aromatic carbocycles. The van der Waals surface area contributed by atoms with Crippen LogP contribution in [-0.2, 0) is 25.7 Å². The molecule has 0 bridgehead atoms. The van der Waals surface area contributed by atoms with Crippen LogP contribution < -0.4 is 4.74 Å². The lowest BCUT2D eigenvalue weighted by Gasteiger charge is -2.42. The number of allylic oxidation sites excluding steroid dienone is 6. The molecule has 7 nitrogen and oxygen atoms in total. The number of Topliss-reactive ketones (excluding diaryl/α,β-unsaturated/α-hetero) is 1. The molecule has 1 N–H and O–H groups in total. The van der Waals surface area contributed by atoms with E-state index in [1.807, 2.05) is 23.6 Å². The average molecular weight is 550 g/mol. The number of phenolic OH excluding ortho intramolecular Hbond substituents is 1. The zero-order valence-electron chi connectivity index (χ0n) is 20.7. The molecule has 2 aromatic rings. The van der Waals surface area contributed by atoms with E-state index in [1.165, 1.54) is 29.4 Å². The van der Waals surface area contributed by atoms with Crippen molar-refractivity contribution in [1.29, 1.82) is 0 Å². The van der Waals surface area contributed by atoms with E-state index >= 15 is 0 Å². The molecule has 9 heteroatoms. The van der Waals surface area contributed by atoms with Crippen LogP contribution in [0.15, 0.2) is 64.1 Å². The number of rotatable bonds is 4. The minimum Gasteiger partial charge on any atom is -0.503 e. The summed E-state index contributed by atoms with van der Waals surface area (Å²) in [4.78, 5) is 56.2. The van der Waals surface area contributed by atoms with E-state index in [0.29, 0.717) is 28.7 Å². The Balaban J connectivity index is 1.48. The van der Waals surface area contributed by atoms with Gasteiger partial charge in [-0.3, -0.25) is 24.1 Å². The first-order valence-corrected chi connectivity index (χ1v) is 13.6. The normalized spacial score (nSPS) is 26.7. The van der Waals surface area contributed by atoms with E-state index in [2.05, 4.69) is 0 Å². The average Bonchev–Trinajstić information content (AvgIpc) is 3.50. The molecule has 0 saturated carbocycles. The van der Waals surface area contributed by atoms with Crippen molar-refractivity contribution in [3.8, 4) is 11.5 Å². The second-order valence-corrected chi connectivity index (χ2v) is 11.6. The second kappa shape index (κ2) is 9.06. The molecular formula is C29H24ClNO6S. The van der Waals surface area contributed by atoms with Gasteiger partial charge in [0, 0.05) is 27.5 Å². The molecule has 194 valence electrons. The summed E-state index contributed by atoms with van der Waals surface area (Å²) in [6.45, 7) is 1.84. The van der Waals surface area contributed by atoms with Gasteiger partial charge in [0.1, 0.15) is 0 Å². The number of fused-ring (bicyclic) bond motifs is 3. The topological polar surface area (TPSA) is 101 Å². The zero-order chi connectivity index (χ0) is 26.9. The first-order chi connectivity index (χ1) is 18.2. The molecule has 4 aliphatic rings. The molecule has 0 radical (unpaired) electrons. The number of aromatic hydroxyl groups is 1. The lowest BCUT2D eigenvalue weighted by Crippen LogP contribution is -2.39. The highest BCUT2D eigenvalue weighted by Gasteiger charge is 2.56. The van der Waals surface area contributed by atoms with E-state index in [-0.39, 0.29) is 52.9 Å². The fourth-order valence-corrected chi connectivity index (χ4v) is 7.37. The highest BCUT2D eigenvalue weighted by atomic mass is 35.5. The SMILES string of the molecule is COc1cc([C@H]2C3=CC[C@@H]4C(=O)N(Cc5cccs5)C(=O)[C@@H]4[C@@H]3CC3=C2C(=O)C=C(C)C3=O)cc(Cl)c1O. The Morgan fingerprint density at radius 1 is 1.16 bits per heavy atom. The van der Waals surface area contributed by atoms with Gasteiger partial charge in [-0.15, -0.1) is 11.3 Å². The predicted molar refractivity (Wildman–Crippen MR) is 141 cm³/mol. The summed E-state index contributed by atoms with van der Waals surface area (Å²) in [6.07, 6.45) is 3.88. The number of phenols is 1. The van der Waals surface area contributed by atoms with Crippen molar-refractivity contribution in [2.24, 2.45) is 17.8 Å². The van der Waals surface area contributed by atoms with Crippen molar-refractivity contribution in [3.63, 3.8) is 0 Å². The van der Waals surface area contributed by atoms with E-state index in [1.54, 1.807) is 19.1 Å². The van der Waals surface area contributed by atoms with Gasteiger partial charge in [-0.25, -0.2) is 0 Å². The Bertz CT molecular complexity index is 1520. The number of likely N-dealkylation sites (tertiary alicyclic amines) is 1. The van der Waals surface area contributed by atoms with Gasteiger partial charge in [0.05, 0.1) is 30.5 Å². The molecule has 1 aromatic heterocycles. The number of amides is 2. The molecule has 1 saturated heterocycles. The lowest BCUT2D eigenvalue weighted by molar-refractivity contribution is -0.140. The van der Waals surface area contributed by atoms with E-state index < -0.39 is 23.7 Å². The number of carbonyl (C=O) groups excluding carboxylic acids is 4. The van der Waals surface area contributed by atoms with Crippen LogP contribution >= 0.6 is 22.9 Å². The Labute approximate surface area is 228 Å². The Morgan fingerprint density at radius 2 is 1.95 bits per heavy atom. The number of hydrogen-bond donors (Lipinski definition) is 1. The Morgan fingerprint density at radius 3 is 2.66 bits per heavy atom. The van der Waals surface area contributed by atoms with Crippen LogP contribution in [0.1, 0.15) is 36.1 Å². The van der Waals surface area contributed by atoms with Gasteiger partial charge < -0.3 is 9.84 Å². The molecule has 3 aliphatic carbocycles. The monoisotopic (exact) mass is 549 g/mol. The number of ether oxygens (including phenoxy) is 1. The molecule has 38 heavy (non-hydrogen) atoms. The predicted octanol–water partition coefficient (Wildman–Crippen LogP) is 4.75. The third kappa shape index (κ3) is 3.61. The Kier molecular flexibility index (Phi) is 5.92. The van der Waals surface area contributed by atoms with Gasteiger partial charge in [0.25, 0.3) is 0 Å². The largest absolute Gasteiger partial charge is 0.503 e. The fraction of sp³-hybridized carbons (Fsp3) is 0.310. The summed E-state index contributed by atoms with van der Waals surface area (Å²) in [5, 5.41) is 12.3. The fourth-order valence-electron chi connectivity index (χ4n) is 6.46. The van der Waals surface area contributed by atoms with Crippen LogP contribution in [0.25, 0.3) is 0 Å². The maximum atomic E-state index is 13.8. The van der Waals surface area contributed by atoms with Gasteiger partial charge >= 0.3 is 0 Å². The van der Waals surface area contributed by atoms with E-state index in [4.69, 9.17) is 16.3 Å². The van der Waals surface area contributed by atoms with Gasteiger partial charge in [-0.1, -0.05) is 29.3 Å². The van der Waals surface area contributed by atoms with Crippen molar-refractivity contribution in [2.75, 3.05) is 7.11 Å². The number of ketones is 2. The quantitative estimate of drug-likeness (QED) is 0.336. The van der Waals surface area contributed by atoms with E-state index in [9.17, 15) is 24.3 Å². The zero-order valence-corrected chi connectivity index (χ0v) is 22.3. The maximum Gasteiger partial charge on any atom is 0.234 e. The summed E-state index contributed by atoms with van der Waals surface area (Å²) in [5.74, 6) is -3.23. The van der Waals surface area contributed by atoms with Crippen molar-refractivity contribution < 1.29 is 29.0 Å². The Hall–Kier alpha value is -3.49. The van der Waals surface area contributed by atoms with Crippen molar-refractivity contribution in [1.82, 2.24) is 4.90 Å². The van der Waals surface area contributed by atoms with Crippen LogP contribution in [0.2, 0.25) is 5.02 Å². The molecule has 2 heterocycles. The molecule has 1 aliphatic heterocycles. The van der Waals surface area contributed by atoms with Gasteiger partial charge in [-0.05, 0) is 60.9 Å². The van der Waals surface area contributed by atoms with Crippen molar-refractivity contribution >= 4 is 46.3 Å². The van der Waals surface area contributed by atoms with Crippen molar-refractivity contribution in [2.45, 2.75) is 32.2 Å². The van der Waals surface area contributed by atoms with Crippen LogP contribution in [0.4, 0.5) is 0 Å². The van der Waals surface area contributed by atoms with Gasteiger partial charge in [-0.2, -0.15) is 0 Å². The molecule has 0 unspecified atom stereocenters. The molecule has 1 fully saturated rings. The standard InChI is InChI=1S/C29H24ClNO6S/c1-13-8-21(32)25-19(26(13)33)11-18-16(23(25)14-9-20(30)27(34)22(10-14)37-2)5-6-17-24(18)29(36)31(28(17)35)12-15-4-3-7-38-15/h3-5,7-10,17-18,23-24,34H,6,11-12H2,1-2H3/t17-,18+,23-,24-/m0/s1. The minimum absolute atomic E-state index is 0.0495. The van der Waals surface area contributed by atoms with Crippen LogP contribution in [-0.4, -0.2) is 40.5 Å². The van der Waals surface area contributed by atoms with Crippen LogP contribution in [0.5, 0.6) is 11.5 Å². The maximum absolute atomic E-state index is 13.8. The van der Waals surface area contributed by atoms with E-state index in [0.717, 1.165) is 10.5 Å². The van der Waals surface area contributed by atoms with Gasteiger partial charge in [0.2, 0.25) is 11.8 Å². The molecular weight excluding hydrogens is 526 g/mol. The first kappa shape index (κ1) is 24.8. The molecule has 2 amide bonds. The highest BCUT2D eigenvalue weighted by Crippen LogP contribution is 2.56. The number of halogens is 1. The number of benzene rings is 1. The lowest BCUT2D eigenvalue weighted by atomic mass is 9.59. The summed E-state index contributed by atoms with van der Waals surface area (Å²) in [5.41, 5.74) is 2.48. The van der Waals surface area contributed by atoms with Crippen LogP contribution in [0, 0.1) is 17.8 Å². The number of hydrogen-bond acceptors (Lipinski definition) is 7. The first-order valence-electron chi connectivity index (χ1n) is 12.4. The summed E-state index contributed by atoms with van der Waals surface area (Å²) in [6, 6.07) is 6.96. The number of nitrogens with zero attached hydrogens (tertiary/aromatic N) is 1. The molecule has 6 rings (SSSR count). The highest BCUT2D eigenvalue weighted by molar-refractivity contribution is 7.09. The third-order valence-corrected chi connectivity index (χ3v) is 9.30. The van der Waals surface area contributed by atoms with Gasteiger partial charge in [0.15, 0.2) is 23.1 Å².